The monoisotopic (exact) mass is 479 g/mol. The first kappa shape index (κ1) is 21.5. The quantitative estimate of drug-likeness (QED) is 0.576. The molecule has 2 amide bonds. The molecule has 0 aliphatic carbocycles. The number of halogens is 1. The van der Waals surface area contributed by atoms with E-state index in [-0.39, 0.29) is 17.9 Å². The molecule has 3 aromatic carbocycles. The van der Waals surface area contributed by atoms with Crippen LogP contribution in [0.5, 0.6) is 0 Å². The summed E-state index contributed by atoms with van der Waals surface area (Å²) in [4.78, 5) is 28.0. The third-order valence-corrected chi connectivity index (χ3v) is 6.62. The van der Waals surface area contributed by atoms with E-state index in [4.69, 9.17) is 0 Å². The highest BCUT2D eigenvalue weighted by Gasteiger charge is 2.32. The first-order valence-electron chi connectivity index (χ1n) is 10.5. The van der Waals surface area contributed by atoms with Crippen LogP contribution in [0.25, 0.3) is 10.8 Å². The molecule has 0 saturated heterocycles. The van der Waals surface area contributed by atoms with E-state index in [2.05, 4.69) is 50.8 Å². The number of rotatable bonds is 5. The summed E-state index contributed by atoms with van der Waals surface area (Å²) >= 11 is 3.68. The van der Waals surface area contributed by atoms with Gasteiger partial charge in [-0.15, -0.1) is 0 Å². The molecule has 2 N–H and O–H groups in total. The van der Waals surface area contributed by atoms with Crippen LogP contribution in [0.15, 0.2) is 65.1 Å². The van der Waals surface area contributed by atoms with Crippen LogP contribution in [0.4, 0.5) is 5.69 Å². The van der Waals surface area contributed by atoms with Crippen molar-refractivity contribution in [3.8, 4) is 0 Å². The molecular formula is C25H26BrN3O2. The molecule has 3 aromatic rings. The molecule has 0 bridgehead atoms. The van der Waals surface area contributed by atoms with Crippen LogP contribution in [-0.4, -0.2) is 30.9 Å². The Kier molecular flexibility index (Phi) is 6.39. The van der Waals surface area contributed by atoms with Crippen LogP contribution >= 0.6 is 15.9 Å². The minimum atomic E-state index is -0.561. The SMILES string of the molecule is CNC(C)C(=O)NC1CCc2ccccc2N(Cc2cccc3cccc(Br)c23)C1=O. The predicted octanol–water partition coefficient (Wildman–Crippen LogP) is 4.17. The molecule has 2 unspecified atom stereocenters. The number of carbonyl (C=O) groups is 2. The Bertz CT molecular complexity index is 1130. The van der Waals surface area contributed by atoms with Gasteiger partial charge < -0.3 is 15.5 Å². The summed E-state index contributed by atoms with van der Waals surface area (Å²) in [7, 11) is 1.74. The van der Waals surface area contributed by atoms with Crippen LogP contribution < -0.4 is 15.5 Å². The number of hydrogen-bond donors (Lipinski definition) is 2. The summed E-state index contributed by atoms with van der Waals surface area (Å²) in [5, 5.41) is 8.12. The Morgan fingerprint density at radius 2 is 1.87 bits per heavy atom. The normalized spacial score (nSPS) is 17.2. The Morgan fingerprint density at radius 1 is 1.13 bits per heavy atom. The minimum absolute atomic E-state index is 0.0781. The number of aryl methyl sites for hydroxylation is 1. The Morgan fingerprint density at radius 3 is 2.65 bits per heavy atom. The molecule has 6 heteroatoms. The third-order valence-electron chi connectivity index (χ3n) is 5.96. The molecule has 5 nitrogen and oxygen atoms in total. The van der Waals surface area contributed by atoms with Crippen molar-refractivity contribution in [1.29, 1.82) is 0 Å². The summed E-state index contributed by atoms with van der Waals surface area (Å²) in [6.07, 6.45) is 1.31. The van der Waals surface area contributed by atoms with Gasteiger partial charge in [0.2, 0.25) is 11.8 Å². The van der Waals surface area contributed by atoms with Gasteiger partial charge in [-0.1, -0.05) is 64.5 Å². The molecule has 0 aromatic heterocycles. The maximum atomic E-state index is 13.7. The van der Waals surface area contributed by atoms with E-state index in [9.17, 15) is 9.59 Å². The number of fused-ring (bicyclic) bond motifs is 2. The van der Waals surface area contributed by atoms with E-state index in [0.29, 0.717) is 13.0 Å². The molecule has 1 aliphatic rings. The smallest absolute Gasteiger partial charge is 0.249 e. The number of hydrogen-bond acceptors (Lipinski definition) is 3. The topological polar surface area (TPSA) is 61.4 Å². The van der Waals surface area contributed by atoms with Gasteiger partial charge in [-0.3, -0.25) is 9.59 Å². The van der Waals surface area contributed by atoms with Crippen molar-refractivity contribution in [2.45, 2.75) is 38.4 Å². The number of nitrogens with one attached hydrogen (secondary N) is 2. The van der Waals surface area contributed by atoms with Crippen molar-refractivity contribution in [3.63, 3.8) is 0 Å². The van der Waals surface area contributed by atoms with E-state index in [1.54, 1.807) is 14.0 Å². The fourth-order valence-electron chi connectivity index (χ4n) is 4.11. The van der Waals surface area contributed by atoms with Crippen LogP contribution in [0.1, 0.15) is 24.5 Å². The number of nitrogens with zero attached hydrogens (tertiary/aromatic N) is 1. The van der Waals surface area contributed by atoms with E-state index in [1.165, 1.54) is 0 Å². The first-order chi connectivity index (χ1) is 15.0. The van der Waals surface area contributed by atoms with Gasteiger partial charge in [-0.2, -0.15) is 0 Å². The summed E-state index contributed by atoms with van der Waals surface area (Å²) in [5.74, 6) is -0.245. The van der Waals surface area contributed by atoms with Crippen molar-refractivity contribution in [1.82, 2.24) is 10.6 Å². The second-order valence-electron chi connectivity index (χ2n) is 7.92. The van der Waals surface area contributed by atoms with Crippen LogP contribution in [-0.2, 0) is 22.6 Å². The molecule has 160 valence electrons. The first-order valence-corrected chi connectivity index (χ1v) is 11.3. The van der Waals surface area contributed by atoms with Gasteiger partial charge in [0.1, 0.15) is 6.04 Å². The number of para-hydroxylation sites is 1. The van der Waals surface area contributed by atoms with Gasteiger partial charge in [-0.25, -0.2) is 0 Å². The molecule has 1 aliphatic heterocycles. The lowest BCUT2D eigenvalue weighted by Gasteiger charge is -2.27. The number of benzene rings is 3. The summed E-state index contributed by atoms with van der Waals surface area (Å²) < 4.78 is 1.00. The molecule has 2 atom stereocenters. The van der Waals surface area contributed by atoms with Gasteiger partial charge in [0.05, 0.1) is 12.6 Å². The number of anilines is 1. The Balaban J connectivity index is 1.73. The highest BCUT2D eigenvalue weighted by atomic mass is 79.9. The van der Waals surface area contributed by atoms with Crippen molar-refractivity contribution in [2.24, 2.45) is 0 Å². The van der Waals surface area contributed by atoms with Gasteiger partial charge >= 0.3 is 0 Å². The maximum Gasteiger partial charge on any atom is 0.249 e. The molecule has 31 heavy (non-hydrogen) atoms. The molecule has 0 radical (unpaired) electrons. The average Bonchev–Trinajstić information content (AvgIpc) is 2.91. The fourth-order valence-corrected chi connectivity index (χ4v) is 4.75. The second kappa shape index (κ2) is 9.20. The molecule has 4 rings (SSSR count). The van der Waals surface area contributed by atoms with Gasteiger partial charge in [0, 0.05) is 15.5 Å². The highest BCUT2D eigenvalue weighted by molar-refractivity contribution is 9.10. The van der Waals surface area contributed by atoms with E-state index < -0.39 is 6.04 Å². The van der Waals surface area contributed by atoms with E-state index in [1.807, 2.05) is 41.3 Å². The molecule has 0 spiro atoms. The molecular weight excluding hydrogens is 454 g/mol. The van der Waals surface area contributed by atoms with E-state index in [0.717, 1.165) is 38.5 Å². The van der Waals surface area contributed by atoms with Crippen molar-refractivity contribution in [3.05, 3.63) is 76.3 Å². The number of amides is 2. The van der Waals surface area contributed by atoms with Crippen molar-refractivity contribution < 1.29 is 9.59 Å². The van der Waals surface area contributed by atoms with Crippen molar-refractivity contribution >= 4 is 44.2 Å². The maximum absolute atomic E-state index is 13.7. The highest BCUT2D eigenvalue weighted by Crippen LogP contribution is 2.32. The standard InChI is InChI=1S/C25H26BrN3O2/c1-16(27-2)24(30)28-21-14-13-17-7-3-4-12-22(17)29(25(21)31)15-19-10-5-8-18-9-6-11-20(26)23(18)19/h3-12,16,21,27H,13-15H2,1-2H3,(H,28,30). The zero-order valence-electron chi connectivity index (χ0n) is 17.7. The lowest BCUT2D eigenvalue weighted by Crippen LogP contribution is -2.52. The summed E-state index contributed by atoms with van der Waals surface area (Å²) in [6, 6.07) is 19.4. The lowest BCUT2D eigenvalue weighted by atomic mass is 10.0. The van der Waals surface area contributed by atoms with Gasteiger partial charge in [0.25, 0.3) is 0 Å². The van der Waals surface area contributed by atoms with Crippen LogP contribution in [0.3, 0.4) is 0 Å². The minimum Gasteiger partial charge on any atom is -0.343 e. The lowest BCUT2D eigenvalue weighted by molar-refractivity contribution is -0.128. The van der Waals surface area contributed by atoms with Gasteiger partial charge in [0.15, 0.2) is 0 Å². The third kappa shape index (κ3) is 4.36. The number of likely N-dealkylation sites (N-methyl/N-ethyl adjacent to an activating group) is 1. The zero-order chi connectivity index (χ0) is 22.0. The Labute approximate surface area is 190 Å². The summed E-state index contributed by atoms with van der Waals surface area (Å²) in [6.45, 7) is 2.22. The van der Waals surface area contributed by atoms with Crippen LogP contribution in [0.2, 0.25) is 0 Å². The molecule has 0 fully saturated rings. The fraction of sp³-hybridized carbons (Fsp3) is 0.280. The molecule has 1 heterocycles. The van der Waals surface area contributed by atoms with Crippen LogP contribution in [0, 0.1) is 0 Å². The van der Waals surface area contributed by atoms with E-state index >= 15 is 0 Å². The Hall–Kier alpha value is -2.70. The second-order valence-corrected chi connectivity index (χ2v) is 8.77. The average molecular weight is 480 g/mol. The molecule has 0 saturated carbocycles. The predicted molar refractivity (Wildman–Crippen MR) is 128 cm³/mol. The summed E-state index contributed by atoms with van der Waals surface area (Å²) in [5.41, 5.74) is 3.09. The van der Waals surface area contributed by atoms with Gasteiger partial charge in [-0.05, 0) is 55.5 Å². The van der Waals surface area contributed by atoms with Crippen molar-refractivity contribution in [2.75, 3.05) is 11.9 Å². The number of carbonyl (C=O) groups excluding carboxylic acids is 2. The largest absolute Gasteiger partial charge is 0.343 e. The zero-order valence-corrected chi connectivity index (χ0v) is 19.3.